The first-order chi connectivity index (χ1) is 13.1. The van der Waals surface area contributed by atoms with Crippen molar-refractivity contribution in [2.45, 2.75) is 6.54 Å². The maximum Gasteiger partial charge on any atom is 0.262 e. The number of hydrogen-bond donors (Lipinski definition) is 2. The molecule has 0 fully saturated rings. The van der Waals surface area contributed by atoms with Crippen LogP contribution >= 0.6 is 15.9 Å². The van der Waals surface area contributed by atoms with E-state index in [0.717, 1.165) is 10.0 Å². The number of carbonyl (C=O) groups excluding carboxylic acids is 1. The van der Waals surface area contributed by atoms with Crippen LogP contribution in [0.25, 0.3) is 17.3 Å². The van der Waals surface area contributed by atoms with Crippen molar-refractivity contribution >= 4 is 27.9 Å². The Balaban J connectivity index is 1.80. The van der Waals surface area contributed by atoms with Gasteiger partial charge in [-0.15, -0.1) is 0 Å². The predicted molar refractivity (Wildman–Crippen MR) is 104 cm³/mol. The number of aromatic amines is 1. The highest BCUT2D eigenvalue weighted by molar-refractivity contribution is 9.10. The number of amides is 1. The van der Waals surface area contributed by atoms with Crippen molar-refractivity contribution in [1.82, 2.24) is 15.5 Å². The third-order valence-electron chi connectivity index (χ3n) is 3.86. The van der Waals surface area contributed by atoms with E-state index < -0.39 is 11.7 Å². The van der Waals surface area contributed by atoms with Gasteiger partial charge in [-0.2, -0.15) is 10.4 Å². The van der Waals surface area contributed by atoms with Gasteiger partial charge in [-0.05, 0) is 24.3 Å². The molecule has 1 aromatic heterocycles. The Kier molecular flexibility index (Phi) is 5.79. The Morgan fingerprint density at radius 1 is 1.26 bits per heavy atom. The smallest absolute Gasteiger partial charge is 0.262 e. The van der Waals surface area contributed by atoms with Crippen molar-refractivity contribution in [2.24, 2.45) is 0 Å². The fraction of sp³-hybridized carbons (Fsp3) is 0.0500. The Labute approximate surface area is 163 Å². The van der Waals surface area contributed by atoms with Gasteiger partial charge in [0.1, 0.15) is 17.5 Å². The lowest BCUT2D eigenvalue weighted by atomic mass is 10.1. The van der Waals surface area contributed by atoms with Crippen molar-refractivity contribution < 1.29 is 9.18 Å². The predicted octanol–water partition coefficient (Wildman–Crippen LogP) is 4.20. The van der Waals surface area contributed by atoms with E-state index in [1.807, 2.05) is 30.3 Å². The summed E-state index contributed by atoms with van der Waals surface area (Å²) in [7, 11) is 0. The number of hydrogen-bond acceptors (Lipinski definition) is 3. The van der Waals surface area contributed by atoms with Gasteiger partial charge in [-0.25, -0.2) is 4.39 Å². The van der Waals surface area contributed by atoms with Gasteiger partial charge < -0.3 is 5.32 Å². The van der Waals surface area contributed by atoms with Crippen LogP contribution in [0.2, 0.25) is 0 Å². The molecule has 0 radical (unpaired) electrons. The molecule has 2 N–H and O–H groups in total. The van der Waals surface area contributed by atoms with Gasteiger partial charge in [0.15, 0.2) is 0 Å². The molecule has 27 heavy (non-hydrogen) atoms. The fourth-order valence-corrected chi connectivity index (χ4v) is 2.73. The molecular weight excluding hydrogens is 411 g/mol. The molecule has 0 aliphatic heterocycles. The standard InChI is InChI=1S/C20H14BrFN4O/c21-17-7-5-13(6-8-17)19-16(12-25-26-19)9-15(10-23)20(27)24-11-14-3-1-2-4-18(14)22/h1-9,12H,11H2,(H,24,27)(H,25,26)/b15-9-. The van der Waals surface area contributed by atoms with Gasteiger partial charge in [0, 0.05) is 27.7 Å². The van der Waals surface area contributed by atoms with Crippen LogP contribution in [0.5, 0.6) is 0 Å². The molecule has 0 spiro atoms. The summed E-state index contributed by atoms with van der Waals surface area (Å²) in [5, 5.41) is 18.8. The molecule has 0 unspecified atom stereocenters. The van der Waals surface area contributed by atoms with Crippen LogP contribution in [0.15, 0.2) is 64.8 Å². The summed E-state index contributed by atoms with van der Waals surface area (Å²) in [6.07, 6.45) is 3.00. The zero-order valence-electron chi connectivity index (χ0n) is 14.0. The number of rotatable bonds is 5. The average Bonchev–Trinajstić information content (AvgIpc) is 3.14. The van der Waals surface area contributed by atoms with E-state index >= 15 is 0 Å². The second-order valence-corrected chi connectivity index (χ2v) is 6.57. The summed E-state index contributed by atoms with van der Waals surface area (Å²) < 4.78 is 14.6. The molecule has 7 heteroatoms. The number of nitriles is 1. The lowest BCUT2D eigenvalue weighted by Crippen LogP contribution is -2.24. The summed E-state index contributed by atoms with van der Waals surface area (Å²) in [5.41, 5.74) is 2.42. The first-order valence-electron chi connectivity index (χ1n) is 8.01. The number of carbonyl (C=O) groups is 1. The largest absolute Gasteiger partial charge is 0.347 e. The molecule has 1 heterocycles. The SMILES string of the molecule is N#C/C(=C/c1cn[nH]c1-c1ccc(Br)cc1)C(=O)NCc1ccccc1F. The second-order valence-electron chi connectivity index (χ2n) is 5.65. The first kappa shape index (κ1) is 18.5. The molecule has 5 nitrogen and oxygen atoms in total. The molecule has 134 valence electrons. The average molecular weight is 425 g/mol. The molecular formula is C20H14BrFN4O. The van der Waals surface area contributed by atoms with Crippen LogP contribution in [-0.4, -0.2) is 16.1 Å². The van der Waals surface area contributed by atoms with Crippen molar-refractivity contribution in [1.29, 1.82) is 5.26 Å². The monoisotopic (exact) mass is 424 g/mol. The van der Waals surface area contributed by atoms with E-state index in [2.05, 4.69) is 31.4 Å². The summed E-state index contributed by atoms with van der Waals surface area (Å²) >= 11 is 3.38. The Morgan fingerprint density at radius 3 is 2.70 bits per heavy atom. The normalized spacial score (nSPS) is 11.1. The summed E-state index contributed by atoms with van der Waals surface area (Å²) in [5.74, 6) is -0.989. The van der Waals surface area contributed by atoms with E-state index in [1.54, 1.807) is 24.4 Å². The van der Waals surface area contributed by atoms with Crippen LogP contribution in [0.4, 0.5) is 4.39 Å². The van der Waals surface area contributed by atoms with E-state index in [1.165, 1.54) is 12.1 Å². The van der Waals surface area contributed by atoms with Gasteiger partial charge in [0.2, 0.25) is 0 Å². The lowest BCUT2D eigenvalue weighted by molar-refractivity contribution is -0.117. The molecule has 0 atom stereocenters. The summed E-state index contributed by atoms with van der Waals surface area (Å²) in [6.45, 7) is -0.00448. The zero-order valence-corrected chi connectivity index (χ0v) is 15.6. The van der Waals surface area contributed by atoms with Crippen LogP contribution in [0.3, 0.4) is 0 Å². The minimum absolute atomic E-state index is 0.00448. The van der Waals surface area contributed by atoms with Gasteiger partial charge in [0.25, 0.3) is 5.91 Å². The molecule has 0 aliphatic carbocycles. The van der Waals surface area contributed by atoms with Crippen LogP contribution in [0.1, 0.15) is 11.1 Å². The molecule has 2 aromatic carbocycles. The van der Waals surface area contributed by atoms with Gasteiger partial charge in [-0.3, -0.25) is 9.89 Å². The van der Waals surface area contributed by atoms with Crippen molar-refractivity contribution in [3.05, 3.63) is 81.7 Å². The molecule has 1 amide bonds. The maximum atomic E-state index is 13.7. The maximum absolute atomic E-state index is 13.7. The molecule has 0 bridgehead atoms. The third kappa shape index (κ3) is 4.49. The highest BCUT2D eigenvalue weighted by Gasteiger charge is 2.13. The third-order valence-corrected chi connectivity index (χ3v) is 4.39. The minimum atomic E-state index is -0.580. The number of H-pyrrole nitrogens is 1. The first-order valence-corrected chi connectivity index (χ1v) is 8.80. The molecule has 3 aromatic rings. The topological polar surface area (TPSA) is 81.6 Å². The number of nitrogens with one attached hydrogen (secondary N) is 2. The summed E-state index contributed by atoms with van der Waals surface area (Å²) in [6, 6.07) is 15.6. The number of aromatic nitrogens is 2. The Hall–Kier alpha value is -3.24. The molecule has 0 saturated carbocycles. The fourth-order valence-electron chi connectivity index (χ4n) is 2.47. The van der Waals surface area contributed by atoms with Gasteiger partial charge in [-0.1, -0.05) is 46.3 Å². The van der Waals surface area contributed by atoms with Crippen LogP contribution in [-0.2, 0) is 11.3 Å². The van der Waals surface area contributed by atoms with E-state index in [-0.39, 0.29) is 12.1 Å². The number of halogens is 2. The minimum Gasteiger partial charge on any atom is -0.347 e. The van der Waals surface area contributed by atoms with Crippen molar-refractivity contribution in [3.63, 3.8) is 0 Å². The molecule has 0 aliphatic rings. The Bertz CT molecular complexity index is 1030. The summed E-state index contributed by atoms with van der Waals surface area (Å²) in [4.78, 5) is 12.3. The van der Waals surface area contributed by atoms with E-state index in [0.29, 0.717) is 16.8 Å². The highest BCUT2D eigenvalue weighted by Crippen LogP contribution is 2.24. The lowest BCUT2D eigenvalue weighted by Gasteiger charge is -2.06. The molecule has 3 rings (SSSR count). The molecule has 0 saturated heterocycles. The van der Waals surface area contributed by atoms with Crippen LogP contribution < -0.4 is 5.32 Å². The number of nitrogens with zero attached hydrogens (tertiary/aromatic N) is 2. The quantitative estimate of drug-likeness (QED) is 0.475. The van der Waals surface area contributed by atoms with Gasteiger partial charge in [0.05, 0.1) is 11.9 Å². The van der Waals surface area contributed by atoms with Gasteiger partial charge >= 0.3 is 0 Å². The van der Waals surface area contributed by atoms with E-state index in [9.17, 15) is 14.4 Å². The Morgan fingerprint density at radius 2 is 2.00 bits per heavy atom. The van der Waals surface area contributed by atoms with Crippen molar-refractivity contribution in [2.75, 3.05) is 0 Å². The highest BCUT2D eigenvalue weighted by atomic mass is 79.9. The van der Waals surface area contributed by atoms with Crippen molar-refractivity contribution in [3.8, 4) is 17.3 Å². The number of benzene rings is 2. The second kappa shape index (κ2) is 8.43. The van der Waals surface area contributed by atoms with E-state index in [4.69, 9.17) is 0 Å². The van der Waals surface area contributed by atoms with Crippen LogP contribution in [0, 0.1) is 17.1 Å². The zero-order chi connectivity index (χ0) is 19.2.